The molecule has 0 spiro atoms. The molecule has 0 aromatic heterocycles. The summed E-state index contributed by atoms with van der Waals surface area (Å²) >= 11 is 0. The van der Waals surface area contributed by atoms with Gasteiger partial charge in [0.1, 0.15) is 0 Å². The van der Waals surface area contributed by atoms with Gasteiger partial charge in [-0.15, -0.1) is 12.4 Å². The molecule has 21 heavy (non-hydrogen) atoms. The van der Waals surface area contributed by atoms with Gasteiger partial charge in [-0.05, 0) is 62.4 Å². The summed E-state index contributed by atoms with van der Waals surface area (Å²) in [6.45, 7) is 7.41. The Kier molecular flexibility index (Phi) is 7.20. The standard InChI is InChI=1S/C17H26N2O.ClH/c1-4-13-6-7-16(11-14(13)5-2)19-17(20)15-8-9-18-12(3)10-15;/h6-7,11-12,15,18H,4-5,8-10H2,1-3H3,(H,19,20);1H/t12-,15-;/m0./s1. The molecule has 0 unspecified atom stereocenters. The van der Waals surface area contributed by atoms with Gasteiger partial charge in [0, 0.05) is 17.6 Å². The maximum Gasteiger partial charge on any atom is 0.227 e. The topological polar surface area (TPSA) is 41.1 Å². The molecule has 0 saturated carbocycles. The van der Waals surface area contributed by atoms with E-state index >= 15 is 0 Å². The van der Waals surface area contributed by atoms with Gasteiger partial charge in [0.25, 0.3) is 0 Å². The largest absolute Gasteiger partial charge is 0.326 e. The van der Waals surface area contributed by atoms with Crippen LogP contribution < -0.4 is 10.6 Å². The van der Waals surface area contributed by atoms with Crippen molar-refractivity contribution >= 4 is 24.0 Å². The van der Waals surface area contributed by atoms with E-state index in [1.165, 1.54) is 11.1 Å². The number of carbonyl (C=O) groups excluding carboxylic acids is 1. The highest BCUT2D eigenvalue weighted by Crippen LogP contribution is 2.21. The average Bonchev–Trinajstić information content (AvgIpc) is 2.47. The molecule has 2 rings (SSSR count). The Morgan fingerprint density at radius 3 is 2.62 bits per heavy atom. The Morgan fingerprint density at radius 1 is 1.29 bits per heavy atom. The number of aryl methyl sites for hydroxylation is 2. The van der Waals surface area contributed by atoms with Crippen LogP contribution in [0.2, 0.25) is 0 Å². The van der Waals surface area contributed by atoms with Crippen LogP contribution in [0.15, 0.2) is 18.2 Å². The van der Waals surface area contributed by atoms with E-state index in [1.807, 2.05) is 6.07 Å². The van der Waals surface area contributed by atoms with Crippen molar-refractivity contribution in [2.45, 2.75) is 52.5 Å². The molecule has 118 valence electrons. The lowest BCUT2D eigenvalue weighted by Crippen LogP contribution is -2.40. The van der Waals surface area contributed by atoms with E-state index in [0.717, 1.165) is 37.9 Å². The molecule has 0 radical (unpaired) electrons. The summed E-state index contributed by atoms with van der Waals surface area (Å²) in [7, 11) is 0. The molecule has 0 aliphatic carbocycles. The van der Waals surface area contributed by atoms with E-state index in [4.69, 9.17) is 0 Å². The zero-order valence-corrected chi connectivity index (χ0v) is 14.1. The molecule has 2 atom stereocenters. The van der Waals surface area contributed by atoms with Crippen molar-refractivity contribution in [1.82, 2.24) is 5.32 Å². The lowest BCUT2D eigenvalue weighted by atomic mass is 9.92. The lowest BCUT2D eigenvalue weighted by Gasteiger charge is -2.27. The van der Waals surface area contributed by atoms with Gasteiger partial charge in [0.2, 0.25) is 5.91 Å². The van der Waals surface area contributed by atoms with Crippen LogP contribution in [0.1, 0.15) is 44.7 Å². The highest BCUT2D eigenvalue weighted by atomic mass is 35.5. The number of amides is 1. The Balaban J connectivity index is 0.00000220. The maximum absolute atomic E-state index is 12.3. The summed E-state index contributed by atoms with van der Waals surface area (Å²) in [6.07, 6.45) is 3.92. The zero-order valence-electron chi connectivity index (χ0n) is 13.2. The molecule has 1 heterocycles. The average molecular weight is 311 g/mol. The van der Waals surface area contributed by atoms with Crippen LogP contribution in [-0.2, 0) is 17.6 Å². The number of halogens is 1. The Labute approximate surface area is 134 Å². The van der Waals surface area contributed by atoms with Crippen LogP contribution in [0.3, 0.4) is 0 Å². The molecule has 1 aliphatic heterocycles. The SMILES string of the molecule is CCc1ccc(NC(=O)[C@H]2CCN[C@@H](C)C2)cc1CC.Cl. The minimum Gasteiger partial charge on any atom is -0.326 e. The molecule has 1 aliphatic rings. The number of rotatable bonds is 4. The number of carbonyl (C=O) groups is 1. The Bertz CT molecular complexity index is 476. The van der Waals surface area contributed by atoms with E-state index < -0.39 is 0 Å². The van der Waals surface area contributed by atoms with Gasteiger partial charge in [0.05, 0.1) is 0 Å². The summed E-state index contributed by atoms with van der Waals surface area (Å²) in [5.74, 6) is 0.312. The molecule has 1 aromatic carbocycles. The minimum atomic E-state index is 0. The van der Waals surface area contributed by atoms with Crippen LogP contribution in [-0.4, -0.2) is 18.5 Å². The van der Waals surface area contributed by atoms with Gasteiger partial charge in [-0.2, -0.15) is 0 Å². The van der Waals surface area contributed by atoms with Crippen LogP contribution in [0.4, 0.5) is 5.69 Å². The van der Waals surface area contributed by atoms with Gasteiger partial charge in [-0.25, -0.2) is 0 Å². The third-order valence-corrected chi connectivity index (χ3v) is 4.23. The first-order valence-electron chi connectivity index (χ1n) is 7.80. The number of anilines is 1. The van der Waals surface area contributed by atoms with Crippen LogP contribution in [0.5, 0.6) is 0 Å². The van der Waals surface area contributed by atoms with Gasteiger partial charge in [-0.3, -0.25) is 4.79 Å². The summed E-state index contributed by atoms with van der Waals surface area (Å²) in [4.78, 5) is 12.3. The third kappa shape index (κ3) is 4.72. The Hall–Kier alpha value is -1.06. The van der Waals surface area contributed by atoms with E-state index in [9.17, 15) is 4.79 Å². The van der Waals surface area contributed by atoms with Gasteiger partial charge < -0.3 is 10.6 Å². The smallest absolute Gasteiger partial charge is 0.227 e. The quantitative estimate of drug-likeness (QED) is 0.893. The fourth-order valence-electron chi connectivity index (χ4n) is 2.99. The molecule has 3 nitrogen and oxygen atoms in total. The zero-order chi connectivity index (χ0) is 14.5. The summed E-state index contributed by atoms with van der Waals surface area (Å²) < 4.78 is 0. The highest BCUT2D eigenvalue weighted by Gasteiger charge is 2.24. The van der Waals surface area contributed by atoms with Gasteiger partial charge in [0.15, 0.2) is 0 Å². The monoisotopic (exact) mass is 310 g/mol. The second kappa shape index (κ2) is 8.40. The lowest BCUT2D eigenvalue weighted by molar-refractivity contribution is -0.120. The van der Waals surface area contributed by atoms with Crippen LogP contribution in [0.25, 0.3) is 0 Å². The van der Waals surface area contributed by atoms with E-state index in [0.29, 0.717) is 6.04 Å². The van der Waals surface area contributed by atoms with E-state index in [-0.39, 0.29) is 24.2 Å². The maximum atomic E-state index is 12.3. The number of benzene rings is 1. The fraction of sp³-hybridized carbons (Fsp3) is 0.588. The highest BCUT2D eigenvalue weighted by molar-refractivity contribution is 5.92. The first-order valence-corrected chi connectivity index (χ1v) is 7.80. The second-order valence-corrected chi connectivity index (χ2v) is 5.76. The minimum absolute atomic E-state index is 0. The fourth-order valence-corrected chi connectivity index (χ4v) is 2.99. The summed E-state index contributed by atoms with van der Waals surface area (Å²) in [5, 5.41) is 6.48. The molecule has 1 aromatic rings. The number of hydrogen-bond donors (Lipinski definition) is 2. The van der Waals surface area contributed by atoms with Crippen molar-refractivity contribution in [3.05, 3.63) is 29.3 Å². The Morgan fingerprint density at radius 2 is 2.00 bits per heavy atom. The third-order valence-electron chi connectivity index (χ3n) is 4.23. The summed E-state index contributed by atoms with van der Waals surface area (Å²) in [5.41, 5.74) is 3.65. The normalized spacial score (nSPS) is 21.5. The first kappa shape index (κ1) is 18.0. The predicted octanol–water partition coefficient (Wildman–Crippen LogP) is 3.56. The van der Waals surface area contributed by atoms with E-state index in [2.05, 4.69) is 43.5 Å². The van der Waals surface area contributed by atoms with Crippen molar-refractivity contribution in [3.63, 3.8) is 0 Å². The first-order chi connectivity index (χ1) is 9.63. The van der Waals surface area contributed by atoms with Crippen molar-refractivity contribution in [3.8, 4) is 0 Å². The van der Waals surface area contributed by atoms with Crippen molar-refractivity contribution < 1.29 is 4.79 Å². The predicted molar refractivity (Wildman–Crippen MR) is 91.3 cm³/mol. The van der Waals surface area contributed by atoms with Crippen molar-refractivity contribution in [2.75, 3.05) is 11.9 Å². The number of nitrogens with one attached hydrogen (secondary N) is 2. The number of hydrogen-bond acceptors (Lipinski definition) is 2. The molecule has 1 fully saturated rings. The molecule has 1 amide bonds. The van der Waals surface area contributed by atoms with Gasteiger partial charge >= 0.3 is 0 Å². The van der Waals surface area contributed by atoms with Crippen molar-refractivity contribution in [1.29, 1.82) is 0 Å². The van der Waals surface area contributed by atoms with Crippen LogP contribution in [0, 0.1) is 5.92 Å². The number of piperidine rings is 1. The summed E-state index contributed by atoms with van der Waals surface area (Å²) in [6, 6.07) is 6.73. The van der Waals surface area contributed by atoms with Crippen LogP contribution >= 0.6 is 12.4 Å². The molecule has 0 bridgehead atoms. The molecule has 4 heteroatoms. The molecular weight excluding hydrogens is 284 g/mol. The van der Waals surface area contributed by atoms with Crippen molar-refractivity contribution in [2.24, 2.45) is 5.92 Å². The van der Waals surface area contributed by atoms with E-state index in [1.54, 1.807) is 0 Å². The second-order valence-electron chi connectivity index (χ2n) is 5.76. The van der Waals surface area contributed by atoms with Gasteiger partial charge in [-0.1, -0.05) is 19.9 Å². The molecular formula is C17H27ClN2O. The molecule has 1 saturated heterocycles. The molecule has 2 N–H and O–H groups in total.